The number of hydrogen-bond donors (Lipinski definition) is 0. The second kappa shape index (κ2) is 11.3. The van der Waals surface area contributed by atoms with Crippen LogP contribution in [-0.2, 0) is 9.53 Å². The van der Waals surface area contributed by atoms with Crippen molar-refractivity contribution in [1.82, 2.24) is 0 Å². The highest BCUT2D eigenvalue weighted by Gasteiger charge is 2.04. The fourth-order valence-electron chi connectivity index (χ4n) is 1.14. The van der Waals surface area contributed by atoms with Gasteiger partial charge in [-0.2, -0.15) is 0 Å². The van der Waals surface area contributed by atoms with Crippen molar-refractivity contribution >= 4 is 67.1 Å². The monoisotopic (exact) mass is 514 g/mol. The molecule has 0 radical (unpaired) electrons. The maximum atomic E-state index is 11.3. The van der Waals surface area contributed by atoms with E-state index in [9.17, 15) is 4.79 Å². The standard InChI is InChI=1S/C11H17BrI2O2/c1-2-3-4-5-6-7-10(15)16-8-9(13)11(12)14/h2-8H2,1H3/b11-9+. The van der Waals surface area contributed by atoms with Crippen LogP contribution in [0.4, 0.5) is 0 Å². The quantitative estimate of drug-likeness (QED) is 0.249. The van der Waals surface area contributed by atoms with Gasteiger partial charge in [-0.05, 0) is 67.5 Å². The Morgan fingerprint density at radius 3 is 2.38 bits per heavy atom. The van der Waals surface area contributed by atoms with Gasteiger partial charge in [-0.3, -0.25) is 4.79 Å². The summed E-state index contributed by atoms with van der Waals surface area (Å²) >= 11 is 7.66. The number of esters is 1. The van der Waals surface area contributed by atoms with Gasteiger partial charge in [0.25, 0.3) is 0 Å². The van der Waals surface area contributed by atoms with Crippen molar-refractivity contribution in [3.8, 4) is 0 Å². The third-order valence-corrected chi connectivity index (χ3v) is 5.80. The first-order valence-electron chi connectivity index (χ1n) is 5.43. The fourth-order valence-corrected chi connectivity index (χ4v) is 1.57. The maximum Gasteiger partial charge on any atom is 0.306 e. The SMILES string of the molecule is CCCCCCCC(=O)OC/C(I)=C(/Br)I. The summed E-state index contributed by atoms with van der Waals surface area (Å²) in [5.41, 5.74) is 0. The molecule has 0 aliphatic carbocycles. The lowest BCUT2D eigenvalue weighted by Crippen LogP contribution is -2.05. The highest BCUT2D eigenvalue weighted by Crippen LogP contribution is 2.24. The van der Waals surface area contributed by atoms with E-state index in [0.29, 0.717) is 13.0 Å². The molecular weight excluding hydrogens is 498 g/mol. The number of ether oxygens (including phenoxy) is 1. The minimum Gasteiger partial charge on any atom is -0.460 e. The normalized spacial score (nSPS) is 12.2. The summed E-state index contributed by atoms with van der Waals surface area (Å²) in [7, 11) is 0. The van der Waals surface area contributed by atoms with Gasteiger partial charge in [0.1, 0.15) is 6.61 Å². The van der Waals surface area contributed by atoms with Crippen molar-refractivity contribution in [1.29, 1.82) is 0 Å². The van der Waals surface area contributed by atoms with E-state index in [4.69, 9.17) is 4.74 Å². The second-order valence-electron chi connectivity index (χ2n) is 3.49. The Balaban J connectivity index is 3.49. The average Bonchev–Trinajstić information content (AvgIpc) is 2.25. The molecule has 0 aromatic rings. The van der Waals surface area contributed by atoms with Gasteiger partial charge in [0.2, 0.25) is 0 Å². The molecule has 0 bridgehead atoms. The van der Waals surface area contributed by atoms with Crippen LogP contribution in [0, 0.1) is 0 Å². The fraction of sp³-hybridized carbons (Fsp3) is 0.727. The van der Waals surface area contributed by atoms with Crippen LogP contribution in [0.15, 0.2) is 6.07 Å². The lowest BCUT2D eigenvalue weighted by atomic mass is 10.1. The van der Waals surface area contributed by atoms with Crippen LogP contribution in [0.25, 0.3) is 0 Å². The lowest BCUT2D eigenvalue weighted by molar-refractivity contribution is -0.142. The molecule has 0 saturated carbocycles. The minimum atomic E-state index is -0.0872. The molecule has 2 nitrogen and oxygen atoms in total. The molecule has 5 heteroatoms. The third kappa shape index (κ3) is 10.3. The Morgan fingerprint density at radius 1 is 1.19 bits per heavy atom. The predicted octanol–water partition coefficient (Wildman–Crippen LogP) is 5.32. The zero-order valence-corrected chi connectivity index (χ0v) is 15.3. The van der Waals surface area contributed by atoms with E-state index < -0.39 is 0 Å². The number of carbonyl (C=O) groups excluding carboxylic acids is 1. The predicted molar refractivity (Wildman–Crippen MR) is 88.3 cm³/mol. The molecule has 0 rings (SSSR count). The number of unbranched alkanes of at least 4 members (excludes halogenated alkanes) is 4. The molecule has 0 N–H and O–H groups in total. The summed E-state index contributed by atoms with van der Waals surface area (Å²) in [6.07, 6.45) is 6.35. The summed E-state index contributed by atoms with van der Waals surface area (Å²) in [5.74, 6) is -0.0872. The van der Waals surface area contributed by atoms with Crippen LogP contribution in [0.1, 0.15) is 45.4 Å². The number of halogens is 3. The molecule has 0 atom stereocenters. The van der Waals surface area contributed by atoms with E-state index >= 15 is 0 Å². The average molecular weight is 515 g/mol. The first-order chi connectivity index (χ1) is 7.57. The molecule has 0 fully saturated rings. The highest BCUT2D eigenvalue weighted by molar-refractivity contribution is 14.1. The molecular formula is C11H17BrI2O2. The maximum absolute atomic E-state index is 11.3. The van der Waals surface area contributed by atoms with Crippen LogP contribution in [0.5, 0.6) is 0 Å². The van der Waals surface area contributed by atoms with Gasteiger partial charge in [0.05, 0.1) is 2.49 Å². The van der Waals surface area contributed by atoms with Gasteiger partial charge in [0.15, 0.2) is 0 Å². The van der Waals surface area contributed by atoms with Crippen molar-refractivity contribution in [2.45, 2.75) is 45.4 Å². The first-order valence-corrected chi connectivity index (χ1v) is 8.38. The van der Waals surface area contributed by atoms with Gasteiger partial charge < -0.3 is 4.74 Å². The molecule has 94 valence electrons. The molecule has 0 aromatic carbocycles. The second-order valence-corrected chi connectivity index (χ2v) is 8.15. The van der Waals surface area contributed by atoms with E-state index in [1.807, 2.05) is 0 Å². The highest BCUT2D eigenvalue weighted by atomic mass is 127. The van der Waals surface area contributed by atoms with E-state index in [-0.39, 0.29) is 5.97 Å². The summed E-state index contributed by atoms with van der Waals surface area (Å²) in [5, 5.41) is 0. The smallest absolute Gasteiger partial charge is 0.306 e. The summed E-state index contributed by atoms with van der Waals surface area (Å²) in [6.45, 7) is 2.57. The van der Waals surface area contributed by atoms with Crippen LogP contribution >= 0.6 is 61.1 Å². The van der Waals surface area contributed by atoms with Gasteiger partial charge in [0, 0.05) is 10.0 Å². The summed E-state index contributed by atoms with van der Waals surface area (Å²) in [6, 6.07) is 0. The molecule has 0 aliphatic rings. The number of hydrogen-bond acceptors (Lipinski definition) is 2. The Morgan fingerprint density at radius 2 is 1.81 bits per heavy atom. The molecule has 16 heavy (non-hydrogen) atoms. The molecule has 0 saturated heterocycles. The van der Waals surface area contributed by atoms with Crippen molar-refractivity contribution in [3.63, 3.8) is 0 Å². The third-order valence-electron chi connectivity index (χ3n) is 2.05. The molecule has 0 amide bonds. The van der Waals surface area contributed by atoms with Crippen molar-refractivity contribution < 1.29 is 9.53 Å². The van der Waals surface area contributed by atoms with Crippen LogP contribution in [-0.4, -0.2) is 12.6 Å². The molecule has 0 aliphatic heterocycles. The first kappa shape index (κ1) is 17.2. The van der Waals surface area contributed by atoms with Gasteiger partial charge in [-0.1, -0.05) is 32.6 Å². The van der Waals surface area contributed by atoms with Crippen molar-refractivity contribution in [3.05, 3.63) is 6.07 Å². The van der Waals surface area contributed by atoms with E-state index in [1.165, 1.54) is 19.3 Å². The van der Waals surface area contributed by atoms with Crippen LogP contribution < -0.4 is 0 Å². The van der Waals surface area contributed by atoms with Gasteiger partial charge in [-0.25, -0.2) is 0 Å². The molecule has 0 heterocycles. The minimum absolute atomic E-state index is 0.0872. The number of rotatable bonds is 8. The Bertz CT molecular complexity index is 238. The summed E-state index contributed by atoms with van der Waals surface area (Å²) in [4.78, 5) is 11.3. The number of carbonyl (C=O) groups is 1. The van der Waals surface area contributed by atoms with E-state index in [0.717, 1.165) is 18.9 Å². The zero-order valence-electron chi connectivity index (χ0n) is 9.40. The van der Waals surface area contributed by atoms with E-state index in [2.05, 4.69) is 68.0 Å². The molecule has 0 aromatic heterocycles. The zero-order chi connectivity index (χ0) is 12.4. The lowest BCUT2D eigenvalue weighted by Gasteiger charge is -2.04. The largest absolute Gasteiger partial charge is 0.460 e. The Labute approximate surface area is 133 Å². The van der Waals surface area contributed by atoms with Gasteiger partial charge >= 0.3 is 5.97 Å². The van der Waals surface area contributed by atoms with Crippen molar-refractivity contribution in [2.24, 2.45) is 0 Å². The van der Waals surface area contributed by atoms with E-state index in [1.54, 1.807) is 0 Å². The van der Waals surface area contributed by atoms with Gasteiger partial charge in [-0.15, -0.1) is 0 Å². The Hall–Kier alpha value is 1.15. The van der Waals surface area contributed by atoms with Crippen molar-refractivity contribution in [2.75, 3.05) is 6.61 Å². The topological polar surface area (TPSA) is 26.3 Å². The summed E-state index contributed by atoms with van der Waals surface area (Å²) < 4.78 is 7.16. The molecule has 0 spiro atoms. The van der Waals surface area contributed by atoms with Crippen LogP contribution in [0.2, 0.25) is 0 Å². The molecule has 0 unspecified atom stereocenters. The van der Waals surface area contributed by atoms with Crippen LogP contribution in [0.3, 0.4) is 0 Å². The Kier molecular flexibility index (Phi) is 12.1.